The van der Waals surface area contributed by atoms with Crippen LogP contribution in [0.4, 0.5) is 5.69 Å². The van der Waals surface area contributed by atoms with E-state index >= 15 is 0 Å². The van der Waals surface area contributed by atoms with Crippen molar-refractivity contribution in [3.8, 4) is 17.2 Å². The number of hydrogen-bond acceptors (Lipinski definition) is 8. The fourth-order valence-electron chi connectivity index (χ4n) is 5.52. The minimum absolute atomic E-state index is 0.189. The topological polar surface area (TPSA) is 135 Å². The van der Waals surface area contributed by atoms with Gasteiger partial charge in [-0.15, -0.1) is 0 Å². The van der Waals surface area contributed by atoms with Crippen molar-refractivity contribution in [1.29, 1.82) is 0 Å². The van der Waals surface area contributed by atoms with Crippen LogP contribution in [0.2, 0.25) is 0 Å². The lowest BCUT2D eigenvalue weighted by Gasteiger charge is -2.39. The summed E-state index contributed by atoms with van der Waals surface area (Å²) in [5.74, 6) is 0.775. The second-order valence-corrected chi connectivity index (χ2v) is 14.7. The Morgan fingerprint density at radius 3 is 2.52 bits per heavy atom. The second-order valence-electron chi connectivity index (χ2n) is 12.6. The van der Waals surface area contributed by atoms with Gasteiger partial charge < -0.3 is 29.3 Å². The minimum atomic E-state index is -3.44. The smallest absolute Gasteiger partial charge is 0.254 e. The van der Waals surface area contributed by atoms with Gasteiger partial charge in [0, 0.05) is 44.4 Å². The minimum Gasteiger partial charge on any atom is -0.493 e. The third kappa shape index (κ3) is 8.64. The van der Waals surface area contributed by atoms with Crippen molar-refractivity contribution in [3.05, 3.63) is 83.4 Å². The fraction of sp³-hybridized carbons (Fsp3) is 0.400. The number of rotatable bonds is 6. The summed E-state index contributed by atoms with van der Waals surface area (Å²) in [6.45, 7) is 5.11. The molecule has 0 spiro atoms. The number of benzene rings is 3. The number of nitrogens with zero attached hydrogens (tertiary/aromatic N) is 3. The molecule has 0 saturated carbocycles. The number of carbonyl (C=O) groups is 3. The predicted molar refractivity (Wildman–Crippen MR) is 181 cm³/mol. The number of sulfonamides is 1. The number of ether oxygens (including phenoxy) is 3. The van der Waals surface area contributed by atoms with Crippen LogP contribution < -0.4 is 19.1 Å². The molecule has 13 heteroatoms. The predicted octanol–water partition coefficient (Wildman–Crippen LogP) is 3.91. The van der Waals surface area contributed by atoms with Gasteiger partial charge in [0.05, 0.1) is 43.8 Å². The summed E-state index contributed by atoms with van der Waals surface area (Å²) in [5, 5.41) is 3.04. The van der Waals surface area contributed by atoms with Gasteiger partial charge in [0.1, 0.15) is 17.2 Å². The molecule has 0 aromatic heterocycles. The van der Waals surface area contributed by atoms with Crippen LogP contribution in [0.3, 0.4) is 0 Å². The van der Waals surface area contributed by atoms with Crippen LogP contribution in [-0.4, -0.2) is 94.7 Å². The van der Waals surface area contributed by atoms with Crippen molar-refractivity contribution in [1.82, 2.24) is 15.1 Å². The molecule has 48 heavy (non-hydrogen) atoms. The second kappa shape index (κ2) is 14.7. The van der Waals surface area contributed by atoms with Gasteiger partial charge in [-0.25, -0.2) is 8.42 Å². The summed E-state index contributed by atoms with van der Waals surface area (Å²) >= 11 is 0. The highest BCUT2D eigenvalue weighted by Gasteiger charge is 2.34. The fourth-order valence-corrected chi connectivity index (χ4v) is 6.03. The summed E-state index contributed by atoms with van der Waals surface area (Å²) in [5.41, 5.74) is 2.00. The number of nitrogens with one attached hydrogen (secondary N) is 1. The lowest BCUT2D eigenvalue weighted by Crippen LogP contribution is -2.57. The summed E-state index contributed by atoms with van der Waals surface area (Å²) in [6.07, 6.45) is 0.992. The monoisotopic (exact) mass is 678 g/mol. The van der Waals surface area contributed by atoms with Crippen LogP contribution in [0.5, 0.6) is 17.2 Å². The van der Waals surface area contributed by atoms with Crippen LogP contribution in [0.25, 0.3) is 0 Å². The third-order valence-electron chi connectivity index (χ3n) is 8.20. The van der Waals surface area contributed by atoms with Crippen LogP contribution in [0, 0.1) is 5.92 Å². The molecule has 4 bridgehead atoms. The van der Waals surface area contributed by atoms with E-state index in [4.69, 9.17) is 14.2 Å². The van der Waals surface area contributed by atoms with Gasteiger partial charge in [-0.05, 0) is 66.4 Å². The van der Waals surface area contributed by atoms with Gasteiger partial charge in [-0.3, -0.25) is 18.7 Å². The van der Waals surface area contributed by atoms with Crippen molar-refractivity contribution in [3.63, 3.8) is 0 Å². The maximum atomic E-state index is 13.5. The molecule has 1 saturated heterocycles. The lowest BCUT2D eigenvalue weighted by atomic mass is 10.00. The van der Waals surface area contributed by atoms with Gasteiger partial charge in [-0.1, -0.05) is 26.0 Å². The first-order valence-electron chi connectivity index (χ1n) is 15.8. The van der Waals surface area contributed by atoms with Gasteiger partial charge in [0.2, 0.25) is 15.9 Å². The Morgan fingerprint density at radius 1 is 1.06 bits per heavy atom. The normalized spacial score (nSPS) is 18.9. The molecule has 2 aliphatic rings. The number of amides is 3. The highest BCUT2D eigenvalue weighted by molar-refractivity contribution is 7.92. The Bertz CT molecular complexity index is 1760. The molecule has 12 nitrogen and oxygen atoms in total. The first kappa shape index (κ1) is 34.7. The number of likely N-dealkylation sites (N-methyl/N-ethyl adjacent to an activating group) is 1. The number of fused-ring (bicyclic) bond motifs is 5. The van der Waals surface area contributed by atoms with Crippen molar-refractivity contribution < 1.29 is 37.0 Å². The average Bonchev–Trinajstić information content (AvgIpc) is 3.05. The Hall–Kier alpha value is -4.62. The molecule has 256 valence electrons. The largest absolute Gasteiger partial charge is 0.493 e. The standard InChI is InChI=1S/C35H42N4O8S/c1-23(2)21-45-29-16-26-17-30(18-29)47-28-8-6-7-24(15-28)22-46-32-19-39(14-13-31(32)36-33(40)20-37(3)34(26)41)35(42)25-9-11-27(12-10-25)38(4)48(5,43)44/h6-12,15-18,23,31-32H,13-14,19-22H2,1-5H3,(H,36,40)/t31-,32-/m0/s1. The molecular formula is C35H42N4O8S. The highest BCUT2D eigenvalue weighted by Crippen LogP contribution is 2.30. The van der Waals surface area contributed by atoms with Crippen LogP contribution in [-0.2, 0) is 26.2 Å². The quantitative estimate of drug-likeness (QED) is 0.415. The van der Waals surface area contributed by atoms with Crippen molar-refractivity contribution >= 4 is 33.4 Å². The van der Waals surface area contributed by atoms with Crippen molar-refractivity contribution in [2.45, 2.75) is 39.0 Å². The third-order valence-corrected chi connectivity index (χ3v) is 9.41. The molecule has 0 radical (unpaired) electrons. The Morgan fingerprint density at radius 2 is 1.81 bits per heavy atom. The highest BCUT2D eigenvalue weighted by atomic mass is 32.2. The zero-order valence-electron chi connectivity index (χ0n) is 27.8. The van der Waals surface area contributed by atoms with E-state index < -0.39 is 22.2 Å². The van der Waals surface area contributed by atoms with Gasteiger partial charge in [-0.2, -0.15) is 0 Å². The molecule has 3 aromatic carbocycles. The molecule has 2 atom stereocenters. The van der Waals surface area contributed by atoms with Crippen LogP contribution in [0.1, 0.15) is 46.5 Å². The zero-order chi connectivity index (χ0) is 34.6. The molecule has 2 aliphatic heterocycles. The molecule has 5 rings (SSSR count). The SMILES string of the molecule is CC(C)COc1cc2cc(c1)C(=O)N(C)CC(=O)N[C@H]1CCN(C(=O)c3ccc(N(C)S(C)(=O)=O)cc3)C[C@@H]1OCc1cccc(c1)O2. The number of piperidine rings is 1. The molecule has 3 aromatic rings. The summed E-state index contributed by atoms with van der Waals surface area (Å²) in [7, 11) is -0.434. The number of carbonyl (C=O) groups excluding carboxylic acids is 3. The molecule has 1 N–H and O–H groups in total. The zero-order valence-corrected chi connectivity index (χ0v) is 28.7. The average molecular weight is 679 g/mol. The maximum Gasteiger partial charge on any atom is 0.254 e. The molecule has 1 fully saturated rings. The van der Waals surface area contributed by atoms with Crippen LogP contribution >= 0.6 is 0 Å². The molecule has 0 unspecified atom stereocenters. The van der Waals surface area contributed by atoms with E-state index in [1.54, 1.807) is 54.4 Å². The molecular weight excluding hydrogens is 636 g/mol. The van der Waals surface area contributed by atoms with E-state index in [2.05, 4.69) is 5.32 Å². The molecule has 0 aliphatic carbocycles. The first-order chi connectivity index (χ1) is 22.8. The van der Waals surface area contributed by atoms with Gasteiger partial charge in [0.15, 0.2) is 0 Å². The number of likely N-dealkylation sites (tertiary alicyclic amines) is 1. The van der Waals surface area contributed by atoms with Crippen molar-refractivity contribution in [2.75, 3.05) is 50.9 Å². The van der Waals surface area contributed by atoms with Crippen molar-refractivity contribution in [2.24, 2.45) is 5.92 Å². The summed E-state index contributed by atoms with van der Waals surface area (Å²) < 4.78 is 43.5. The van der Waals surface area contributed by atoms with E-state index in [0.29, 0.717) is 53.6 Å². The van der Waals surface area contributed by atoms with E-state index in [1.165, 1.54) is 11.9 Å². The van der Waals surface area contributed by atoms with E-state index in [0.717, 1.165) is 16.1 Å². The molecule has 3 amide bonds. The lowest BCUT2D eigenvalue weighted by molar-refractivity contribution is -0.124. The Balaban J connectivity index is 1.38. The van der Waals surface area contributed by atoms with Crippen LogP contribution in [0.15, 0.2) is 66.7 Å². The number of anilines is 1. The number of hydrogen-bond donors (Lipinski definition) is 1. The van der Waals surface area contributed by atoms with Gasteiger partial charge in [0.25, 0.3) is 11.8 Å². The summed E-state index contributed by atoms with van der Waals surface area (Å²) in [4.78, 5) is 43.3. The maximum absolute atomic E-state index is 13.5. The van der Waals surface area contributed by atoms with E-state index in [1.807, 2.05) is 38.1 Å². The first-order valence-corrected chi connectivity index (χ1v) is 17.7. The summed E-state index contributed by atoms with van der Waals surface area (Å²) in [6, 6.07) is 18.4. The Labute approximate surface area is 281 Å². The van der Waals surface area contributed by atoms with E-state index in [9.17, 15) is 22.8 Å². The van der Waals surface area contributed by atoms with Gasteiger partial charge >= 0.3 is 0 Å². The van der Waals surface area contributed by atoms with E-state index in [-0.39, 0.29) is 43.3 Å². The molecule has 2 heterocycles. The Kier molecular flexibility index (Phi) is 10.6.